The van der Waals surface area contributed by atoms with Crippen LogP contribution in [-0.4, -0.2) is 36.6 Å². The fourth-order valence-electron chi connectivity index (χ4n) is 2.90. The second kappa shape index (κ2) is 7.80. The number of aromatic nitrogens is 4. The highest BCUT2D eigenvalue weighted by Gasteiger charge is 2.26. The molecule has 0 spiro atoms. The molecule has 146 valence electrons. The molecule has 4 aromatic rings. The normalized spacial score (nSPS) is 12.7. The average Bonchev–Trinajstić information content (AvgIpc) is 3.41. The highest BCUT2D eigenvalue weighted by atomic mass is 32.2. The molecule has 0 fully saturated rings. The predicted molar refractivity (Wildman–Crippen MR) is 115 cm³/mol. The maximum Gasteiger partial charge on any atom is 0.234 e. The minimum Gasteiger partial charge on any atom is -0.609 e. The molecule has 0 bridgehead atoms. The zero-order valence-electron chi connectivity index (χ0n) is 15.6. The molecule has 4 heterocycles. The molecule has 1 unspecified atom stereocenters. The second-order valence-corrected chi connectivity index (χ2v) is 9.57. The number of pyridine rings is 1. The van der Waals surface area contributed by atoms with Crippen molar-refractivity contribution in [1.29, 1.82) is 0 Å². The van der Waals surface area contributed by atoms with E-state index in [1.54, 1.807) is 6.20 Å². The number of thiazole rings is 1. The lowest BCUT2D eigenvalue weighted by atomic mass is 10.1. The molecule has 4 rings (SSSR count). The summed E-state index contributed by atoms with van der Waals surface area (Å²) in [6, 6.07) is 1.98. The van der Waals surface area contributed by atoms with Crippen molar-refractivity contribution in [3.05, 3.63) is 29.7 Å². The third-order valence-electron chi connectivity index (χ3n) is 4.41. The number of nitrogens with two attached hydrogens (primary N) is 1. The number of thiophene rings is 1. The molecule has 0 aliphatic carbocycles. The van der Waals surface area contributed by atoms with Gasteiger partial charge in [-0.3, -0.25) is 0 Å². The van der Waals surface area contributed by atoms with Gasteiger partial charge in [-0.15, -0.1) is 11.3 Å². The standard InChI is InChI=1S/C18H19N5O2S3/c1-4-25-9-28(24)18-15(19)14-11(13-8-21-10(2)23(13)3)7-12(22-17(14)27-18)16-20-5-6-26-16/h5-8H,4,9,19H2,1-3H3. The summed E-state index contributed by atoms with van der Waals surface area (Å²) in [6.07, 6.45) is 3.58. The molecule has 7 nitrogen and oxygen atoms in total. The third kappa shape index (κ3) is 3.31. The van der Waals surface area contributed by atoms with E-state index >= 15 is 0 Å². The summed E-state index contributed by atoms with van der Waals surface area (Å²) < 4.78 is 20.6. The molecule has 0 aliphatic heterocycles. The SMILES string of the molecule is CCOC[S+]([O-])c1sc2nc(-c3nccs3)cc(-c3cnc(C)n3C)c2c1N. The van der Waals surface area contributed by atoms with E-state index in [2.05, 4.69) is 9.97 Å². The van der Waals surface area contributed by atoms with Crippen LogP contribution in [-0.2, 0) is 23.0 Å². The molecular formula is C18H19N5O2S3. The topological polar surface area (TPSA) is 102 Å². The quantitative estimate of drug-likeness (QED) is 0.464. The van der Waals surface area contributed by atoms with Gasteiger partial charge in [-0.25, -0.2) is 15.0 Å². The van der Waals surface area contributed by atoms with Gasteiger partial charge in [0.15, 0.2) is 0 Å². The van der Waals surface area contributed by atoms with E-state index in [0.29, 0.717) is 16.5 Å². The Balaban J connectivity index is 1.96. The van der Waals surface area contributed by atoms with Crippen LogP contribution in [0.5, 0.6) is 0 Å². The average molecular weight is 434 g/mol. The van der Waals surface area contributed by atoms with Gasteiger partial charge in [0.1, 0.15) is 27.0 Å². The molecule has 0 radical (unpaired) electrons. The molecule has 10 heteroatoms. The number of anilines is 1. The number of hydrogen-bond donors (Lipinski definition) is 1. The van der Waals surface area contributed by atoms with E-state index < -0.39 is 11.2 Å². The summed E-state index contributed by atoms with van der Waals surface area (Å²) >= 11 is 1.53. The number of rotatable bonds is 6. The largest absolute Gasteiger partial charge is 0.609 e. The monoisotopic (exact) mass is 433 g/mol. The fraction of sp³-hybridized carbons (Fsp3) is 0.278. The van der Waals surface area contributed by atoms with Crippen molar-refractivity contribution in [1.82, 2.24) is 19.5 Å². The number of aryl methyl sites for hydroxylation is 1. The number of nitrogen functional groups attached to an aromatic ring is 1. The predicted octanol–water partition coefficient (Wildman–Crippen LogP) is 3.81. The Hall–Kier alpha value is -1.98. The minimum atomic E-state index is -1.34. The zero-order valence-corrected chi connectivity index (χ0v) is 18.1. The first-order chi connectivity index (χ1) is 13.5. The summed E-state index contributed by atoms with van der Waals surface area (Å²) in [5, 5.41) is 3.54. The lowest BCUT2D eigenvalue weighted by molar-refractivity contribution is 0.192. The van der Waals surface area contributed by atoms with Gasteiger partial charge >= 0.3 is 0 Å². The van der Waals surface area contributed by atoms with Gasteiger partial charge in [0, 0.05) is 47.4 Å². The molecule has 0 aromatic carbocycles. The Kier molecular flexibility index (Phi) is 5.39. The summed E-state index contributed by atoms with van der Waals surface area (Å²) in [5.74, 6) is 1.01. The van der Waals surface area contributed by atoms with Gasteiger partial charge in [-0.05, 0) is 19.9 Å². The maximum absolute atomic E-state index is 12.7. The Morgan fingerprint density at radius 2 is 2.18 bits per heavy atom. The Bertz CT molecular complexity index is 1120. The van der Waals surface area contributed by atoms with Crippen LogP contribution >= 0.6 is 22.7 Å². The number of hydrogen-bond acceptors (Lipinski definition) is 8. The van der Waals surface area contributed by atoms with Crippen molar-refractivity contribution in [2.75, 3.05) is 18.3 Å². The van der Waals surface area contributed by atoms with E-state index in [1.165, 1.54) is 22.7 Å². The Labute approximate surface area is 173 Å². The second-order valence-electron chi connectivity index (χ2n) is 6.08. The number of imidazole rings is 1. The van der Waals surface area contributed by atoms with Gasteiger partial charge in [-0.2, -0.15) is 0 Å². The van der Waals surface area contributed by atoms with Gasteiger partial charge in [0.2, 0.25) is 10.1 Å². The van der Waals surface area contributed by atoms with Gasteiger partial charge in [0.05, 0.1) is 11.9 Å². The molecule has 0 saturated heterocycles. The summed E-state index contributed by atoms with van der Waals surface area (Å²) in [5.41, 5.74) is 9.54. The number of fused-ring (bicyclic) bond motifs is 1. The number of ether oxygens (including phenoxy) is 1. The maximum atomic E-state index is 12.7. The molecule has 1 atom stereocenters. The van der Waals surface area contributed by atoms with Crippen LogP contribution in [0.15, 0.2) is 28.0 Å². The summed E-state index contributed by atoms with van der Waals surface area (Å²) in [4.78, 5) is 14.3. The molecule has 0 amide bonds. The molecular weight excluding hydrogens is 414 g/mol. The van der Waals surface area contributed by atoms with E-state index in [-0.39, 0.29) is 5.94 Å². The highest BCUT2D eigenvalue weighted by molar-refractivity contribution is 7.93. The Morgan fingerprint density at radius 1 is 1.36 bits per heavy atom. The van der Waals surface area contributed by atoms with Gasteiger partial charge in [-0.1, -0.05) is 11.3 Å². The minimum absolute atomic E-state index is 0.118. The van der Waals surface area contributed by atoms with Crippen molar-refractivity contribution in [2.24, 2.45) is 7.05 Å². The van der Waals surface area contributed by atoms with E-state index in [0.717, 1.165) is 38.0 Å². The highest BCUT2D eigenvalue weighted by Crippen LogP contribution is 2.43. The van der Waals surface area contributed by atoms with Crippen LogP contribution in [0.3, 0.4) is 0 Å². The van der Waals surface area contributed by atoms with Crippen LogP contribution in [0, 0.1) is 6.92 Å². The van der Waals surface area contributed by atoms with Crippen molar-refractivity contribution in [3.8, 4) is 22.0 Å². The zero-order chi connectivity index (χ0) is 19.8. The van der Waals surface area contributed by atoms with Gasteiger partial charge < -0.3 is 19.6 Å². The lowest BCUT2D eigenvalue weighted by Gasteiger charge is -2.09. The Morgan fingerprint density at radius 3 is 2.82 bits per heavy atom. The molecule has 28 heavy (non-hydrogen) atoms. The third-order valence-corrected chi connectivity index (χ3v) is 7.93. The van der Waals surface area contributed by atoms with E-state index in [1.807, 2.05) is 43.1 Å². The number of nitrogens with zero attached hydrogens (tertiary/aromatic N) is 4. The molecule has 4 aromatic heterocycles. The first kappa shape index (κ1) is 19.3. The molecule has 0 aliphatic rings. The first-order valence-electron chi connectivity index (χ1n) is 8.59. The van der Waals surface area contributed by atoms with Crippen molar-refractivity contribution in [2.45, 2.75) is 18.1 Å². The summed E-state index contributed by atoms with van der Waals surface area (Å²) in [6.45, 7) is 4.32. The smallest absolute Gasteiger partial charge is 0.234 e. The first-order valence-corrected chi connectivity index (χ1v) is 11.6. The van der Waals surface area contributed by atoms with Crippen LogP contribution in [0.25, 0.3) is 32.2 Å². The van der Waals surface area contributed by atoms with Crippen molar-refractivity contribution in [3.63, 3.8) is 0 Å². The van der Waals surface area contributed by atoms with E-state index in [9.17, 15) is 4.55 Å². The van der Waals surface area contributed by atoms with E-state index in [4.69, 9.17) is 15.5 Å². The van der Waals surface area contributed by atoms with Crippen molar-refractivity contribution < 1.29 is 9.29 Å². The van der Waals surface area contributed by atoms with Gasteiger partial charge in [0.25, 0.3) is 0 Å². The van der Waals surface area contributed by atoms with Crippen LogP contribution in [0.2, 0.25) is 0 Å². The molecule has 2 N–H and O–H groups in total. The van der Waals surface area contributed by atoms with Crippen molar-refractivity contribution >= 4 is 49.8 Å². The van der Waals surface area contributed by atoms with Crippen LogP contribution in [0.4, 0.5) is 5.69 Å². The molecule has 0 saturated carbocycles. The summed E-state index contributed by atoms with van der Waals surface area (Å²) in [7, 11) is 1.96. The lowest BCUT2D eigenvalue weighted by Crippen LogP contribution is -2.10. The van der Waals surface area contributed by atoms with Crippen LogP contribution < -0.4 is 5.73 Å². The fourth-order valence-corrected chi connectivity index (χ4v) is 5.87. The van der Waals surface area contributed by atoms with Crippen LogP contribution in [0.1, 0.15) is 12.7 Å².